The molecule has 0 bridgehead atoms. The summed E-state index contributed by atoms with van der Waals surface area (Å²) in [4.78, 5) is 65.1. The molecular formula is C40H66N2O13. The molecule has 2 rings (SSSR count). The number of alkyl carbamates (subject to hydrolysis) is 1. The Labute approximate surface area is 326 Å². The summed E-state index contributed by atoms with van der Waals surface area (Å²) in [6.45, 7) is 13.9. The van der Waals surface area contributed by atoms with E-state index in [1.54, 1.807) is 86.5 Å². The highest BCUT2D eigenvalue weighted by Crippen LogP contribution is 2.34. The number of esters is 2. The van der Waals surface area contributed by atoms with Gasteiger partial charge in [-0.1, -0.05) is 38.5 Å². The molecule has 314 valence electrons. The number of cyclic esters (lactones) is 1. The molecule has 0 radical (unpaired) electrons. The summed E-state index contributed by atoms with van der Waals surface area (Å²) in [5.41, 5.74) is 0.00143. The van der Waals surface area contributed by atoms with Crippen LogP contribution in [0.1, 0.15) is 93.9 Å². The van der Waals surface area contributed by atoms with E-state index in [0.717, 1.165) is 0 Å². The van der Waals surface area contributed by atoms with Crippen molar-refractivity contribution in [2.45, 2.75) is 148 Å². The lowest BCUT2D eigenvalue weighted by Gasteiger charge is -2.46. The van der Waals surface area contributed by atoms with E-state index in [4.69, 9.17) is 23.7 Å². The first-order chi connectivity index (χ1) is 25.7. The van der Waals surface area contributed by atoms with Crippen molar-refractivity contribution in [2.24, 2.45) is 23.7 Å². The molecule has 0 spiro atoms. The van der Waals surface area contributed by atoms with Gasteiger partial charge in [0, 0.05) is 37.1 Å². The first-order valence-electron chi connectivity index (χ1n) is 19.4. The van der Waals surface area contributed by atoms with Crippen molar-refractivity contribution in [3.8, 4) is 0 Å². The number of rotatable bonds is 12. The lowest BCUT2D eigenvalue weighted by atomic mass is 9.79. The largest absolute Gasteiger partial charge is 0.465 e. The van der Waals surface area contributed by atoms with Crippen molar-refractivity contribution >= 4 is 30.1 Å². The molecule has 4 N–H and O–H groups in total. The van der Waals surface area contributed by atoms with Crippen LogP contribution in [0.4, 0.5) is 4.79 Å². The SMILES string of the molecule is CC[C@H]1OC(=O)C[C@@H](O)[C@H](C)[C@@H](O[C@@H]2O[C@H](C)[C@@H](O)[C@H](N(C)C)[C@H]2O)[C@@H](CC=O)C[C@@H](C)C(=O)/C=C/C(C)=C/[C@@H]1COC(=O)CCCNC(=O)OC(C)(C)C. The Hall–Kier alpha value is -3.21. The molecule has 55 heavy (non-hydrogen) atoms. The van der Waals surface area contributed by atoms with E-state index >= 15 is 0 Å². The van der Waals surface area contributed by atoms with Gasteiger partial charge in [-0.15, -0.1) is 0 Å². The normalized spacial score (nSPS) is 34.5. The van der Waals surface area contributed by atoms with Gasteiger partial charge in [0.1, 0.15) is 30.7 Å². The van der Waals surface area contributed by atoms with Crippen LogP contribution in [0.2, 0.25) is 0 Å². The topological polar surface area (TPSA) is 207 Å². The maximum atomic E-state index is 13.4. The predicted molar refractivity (Wildman–Crippen MR) is 202 cm³/mol. The van der Waals surface area contributed by atoms with Crippen molar-refractivity contribution in [1.82, 2.24) is 10.2 Å². The minimum atomic E-state index is -1.33. The third kappa shape index (κ3) is 15.7. The molecule has 1 saturated heterocycles. The van der Waals surface area contributed by atoms with Crippen LogP contribution in [0.15, 0.2) is 23.8 Å². The van der Waals surface area contributed by atoms with Gasteiger partial charge >= 0.3 is 18.0 Å². The Bertz CT molecular complexity index is 1330. The van der Waals surface area contributed by atoms with Crippen LogP contribution < -0.4 is 5.32 Å². The number of amides is 1. The maximum absolute atomic E-state index is 13.4. The number of hydrogen-bond acceptors (Lipinski definition) is 14. The zero-order valence-electron chi connectivity index (χ0n) is 34.3. The molecule has 0 aromatic carbocycles. The number of aliphatic hydroxyl groups is 3. The Morgan fingerprint density at radius 2 is 1.75 bits per heavy atom. The Morgan fingerprint density at radius 3 is 2.35 bits per heavy atom. The van der Waals surface area contributed by atoms with Crippen LogP contribution >= 0.6 is 0 Å². The molecule has 2 aliphatic rings. The average Bonchev–Trinajstić information content (AvgIpc) is 3.09. The Morgan fingerprint density at radius 1 is 1.07 bits per heavy atom. The Balaban J connectivity index is 2.34. The van der Waals surface area contributed by atoms with Crippen LogP contribution in [0.5, 0.6) is 0 Å². The molecule has 0 saturated carbocycles. The summed E-state index contributed by atoms with van der Waals surface area (Å²) >= 11 is 0. The molecule has 2 aliphatic heterocycles. The first kappa shape index (κ1) is 47.9. The number of ketones is 1. The fourth-order valence-electron chi connectivity index (χ4n) is 6.91. The lowest BCUT2D eigenvalue weighted by molar-refractivity contribution is -0.304. The molecular weight excluding hydrogens is 716 g/mol. The van der Waals surface area contributed by atoms with E-state index in [0.29, 0.717) is 24.7 Å². The molecule has 1 amide bonds. The average molecular weight is 783 g/mol. The van der Waals surface area contributed by atoms with Gasteiger partial charge in [0.15, 0.2) is 12.1 Å². The van der Waals surface area contributed by atoms with Crippen LogP contribution in [-0.2, 0) is 42.9 Å². The molecule has 1 fully saturated rings. The van der Waals surface area contributed by atoms with Crippen LogP contribution in [0, 0.1) is 23.7 Å². The zero-order chi connectivity index (χ0) is 41.6. The first-order valence-corrected chi connectivity index (χ1v) is 19.4. The number of nitrogens with one attached hydrogen (secondary N) is 1. The van der Waals surface area contributed by atoms with E-state index in [1.807, 2.05) is 0 Å². The third-order valence-corrected chi connectivity index (χ3v) is 10.0. The summed E-state index contributed by atoms with van der Waals surface area (Å²) in [7, 11) is 3.41. The minimum Gasteiger partial charge on any atom is -0.465 e. The number of carbonyl (C=O) groups is 5. The number of ether oxygens (including phenoxy) is 5. The summed E-state index contributed by atoms with van der Waals surface area (Å²) < 4.78 is 29.0. The smallest absolute Gasteiger partial charge is 0.407 e. The number of likely N-dealkylation sites (N-methyl/N-ethyl adjacent to an activating group) is 1. The summed E-state index contributed by atoms with van der Waals surface area (Å²) in [5.74, 6) is -4.07. The maximum Gasteiger partial charge on any atom is 0.407 e. The Kier molecular flexibility index (Phi) is 19.6. The predicted octanol–water partition coefficient (Wildman–Crippen LogP) is 3.26. The molecule has 15 heteroatoms. The second-order valence-electron chi connectivity index (χ2n) is 16.1. The van der Waals surface area contributed by atoms with Crippen LogP contribution in [0.25, 0.3) is 0 Å². The number of hydrogen-bond donors (Lipinski definition) is 4. The lowest BCUT2D eigenvalue weighted by Crippen LogP contribution is -2.63. The van der Waals surface area contributed by atoms with Gasteiger partial charge in [0.25, 0.3) is 0 Å². The third-order valence-electron chi connectivity index (χ3n) is 10.0. The van der Waals surface area contributed by atoms with Gasteiger partial charge in [0.05, 0.1) is 36.9 Å². The van der Waals surface area contributed by atoms with Gasteiger partial charge in [-0.2, -0.15) is 0 Å². The van der Waals surface area contributed by atoms with Crippen LogP contribution in [0.3, 0.4) is 0 Å². The zero-order valence-corrected chi connectivity index (χ0v) is 34.3. The number of carbonyl (C=O) groups excluding carboxylic acids is 5. The second-order valence-corrected chi connectivity index (χ2v) is 16.1. The highest BCUT2D eigenvalue weighted by molar-refractivity contribution is 5.91. The van der Waals surface area contributed by atoms with Crippen molar-refractivity contribution in [3.63, 3.8) is 0 Å². The van der Waals surface area contributed by atoms with Crippen molar-refractivity contribution in [2.75, 3.05) is 27.2 Å². The van der Waals surface area contributed by atoms with Crippen molar-refractivity contribution in [3.05, 3.63) is 23.8 Å². The van der Waals surface area contributed by atoms with Gasteiger partial charge in [-0.3, -0.25) is 14.4 Å². The van der Waals surface area contributed by atoms with Gasteiger partial charge in [-0.25, -0.2) is 4.79 Å². The molecule has 0 aromatic rings. The molecule has 2 heterocycles. The monoisotopic (exact) mass is 782 g/mol. The van der Waals surface area contributed by atoms with Gasteiger partial charge < -0.3 is 54.0 Å². The summed E-state index contributed by atoms with van der Waals surface area (Å²) in [6.07, 6.45) is -2.08. The molecule has 0 aliphatic carbocycles. The molecule has 0 unspecified atom stereocenters. The van der Waals surface area contributed by atoms with Gasteiger partial charge in [-0.05, 0) is 80.0 Å². The molecule has 15 nitrogen and oxygen atoms in total. The number of aldehydes is 1. The summed E-state index contributed by atoms with van der Waals surface area (Å²) in [5, 5.41) is 36.1. The molecule has 12 atom stereocenters. The highest BCUT2D eigenvalue weighted by Gasteiger charge is 2.47. The van der Waals surface area contributed by atoms with Crippen LogP contribution in [-0.4, -0.2) is 132 Å². The van der Waals surface area contributed by atoms with Crippen molar-refractivity contribution < 1.29 is 63.0 Å². The van der Waals surface area contributed by atoms with Gasteiger partial charge in [0.2, 0.25) is 0 Å². The van der Waals surface area contributed by atoms with E-state index in [2.05, 4.69) is 5.32 Å². The second kappa shape index (κ2) is 22.5. The fourth-order valence-corrected chi connectivity index (χ4v) is 6.91. The number of allylic oxidation sites excluding steroid dienone is 3. The number of aliphatic hydroxyl groups excluding tert-OH is 3. The van der Waals surface area contributed by atoms with E-state index in [9.17, 15) is 39.3 Å². The summed E-state index contributed by atoms with van der Waals surface area (Å²) in [6, 6.07) is -0.749. The van der Waals surface area contributed by atoms with E-state index < -0.39 is 103 Å². The van der Waals surface area contributed by atoms with Crippen molar-refractivity contribution in [1.29, 1.82) is 0 Å². The number of nitrogens with zero attached hydrogens (tertiary/aromatic N) is 1. The fraction of sp³-hybridized carbons (Fsp3) is 0.775. The highest BCUT2D eigenvalue weighted by atomic mass is 16.7. The standard InChI is InChI=1S/C40H66N2O13/c1-11-31-28(22-51-32(46)13-12-17-41-39(50)55-40(6,7)8)19-23(2)14-15-29(44)24(3)20-27(16-18-43)37(25(4)30(45)21-33(47)53-31)54-38-36(49)34(42(9)10)35(48)26(5)52-38/h14-15,18-19,24-28,30-31,34-38,45,48-49H,11-13,16-17,20-22H2,1-10H3,(H,41,50)/b15-14+,23-19+/t24-,25+,26-,27+,28-,30-,31-,34+,35-,36-,37-,38+/m1/s1. The van der Waals surface area contributed by atoms with E-state index in [1.165, 1.54) is 6.08 Å². The quantitative estimate of drug-likeness (QED) is 0.0971. The minimum absolute atomic E-state index is 0.0186. The molecule has 0 aromatic heterocycles. The van der Waals surface area contributed by atoms with E-state index in [-0.39, 0.29) is 38.2 Å².